The smallest absolute Gasteiger partial charge is 0.251 e. The van der Waals surface area contributed by atoms with Gasteiger partial charge in [0.05, 0.1) is 17.4 Å². The van der Waals surface area contributed by atoms with Crippen molar-refractivity contribution < 1.29 is 4.79 Å². The fourth-order valence-electron chi connectivity index (χ4n) is 2.83. The number of carbonyl (C=O) groups is 1. The number of rotatable bonds is 6. The first kappa shape index (κ1) is 15.9. The van der Waals surface area contributed by atoms with Gasteiger partial charge in [-0.2, -0.15) is 5.21 Å². The van der Waals surface area contributed by atoms with Crippen molar-refractivity contribution in [3.05, 3.63) is 60.4 Å². The Balaban J connectivity index is 1.34. The molecule has 0 radical (unpaired) electrons. The van der Waals surface area contributed by atoms with E-state index < -0.39 is 0 Å². The molecular formula is C18H17N7O. The Hall–Kier alpha value is -3.55. The molecule has 0 spiro atoms. The van der Waals surface area contributed by atoms with Crippen molar-refractivity contribution >= 4 is 16.9 Å². The number of nitrogens with zero attached hydrogens (tertiary/aromatic N) is 5. The number of hydrogen-bond acceptors (Lipinski definition) is 5. The number of fused-ring (bicyclic) bond motifs is 1. The summed E-state index contributed by atoms with van der Waals surface area (Å²) >= 11 is 0. The van der Waals surface area contributed by atoms with E-state index in [9.17, 15) is 4.79 Å². The number of nitrogens with one attached hydrogen (secondary N) is 2. The third kappa shape index (κ3) is 3.30. The minimum absolute atomic E-state index is 0.120. The van der Waals surface area contributed by atoms with Crippen LogP contribution in [0.25, 0.3) is 22.4 Å². The zero-order valence-corrected chi connectivity index (χ0v) is 14.0. The van der Waals surface area contributed by atoms with Gasteiger partial charge in [-0.05, 0) is 35.9 Å². The number of benzene rings is 2. The maximum absolute atomic E-state index is 12.3. The van der Waals surface area contributed by atoms with Gasteiger partial charge >= 0.3 is 0 Å². The van der Waals surface area contributed by atoms with Crippen LogP contribution in [0.2, 0.25) is 0 Å². The molecule has 0 fully saturated rings. The van der Waals surface area contributed by atoms with E-state index in [1.807, 2.05) is 36.7 Å². The SMILES string of the molecule is O=C(NCCCn1cnc2ccccc21)c1cccc(-c2nn[nH]n2)c1. The Labute approximate surface area is 149 Å². The first-order chi connectivity index (χ1) is 12.8. The molecule has 8 heteroatoms. The highest BCUT2D eigenvalue weighted by Crippen LogP contribution is 2.15. The zero-order valence-electron chi connectivity index (χ0n) is 14.0. The second-order valence-electron chi connectivity index (χ2n) is 5.85. The predicted octanol–water partition coefficient (Wildman–Crippen LogP) is 2.04. The standard InChI is InChI=1S/C18H17N7O/c26-18(14-6-3-5-13(11-14)17-21-23-24-22-17)19-9-4-10-25-12-20-15-7-1-2-8-16(15)25/h1-3,5-8,11-12H,4,9-10H2,(H,19,26)(H,21,22,23,24). The number of aryl methyl sites for hydroxylation is 1. The van der Waals surface area contributed by atoms with Crippen molar-refractivity contribution in [2.75, 3.05) is 6.54 Å². The van der Waals surface area contributed by atoms with E-state index >= 15 is 0 Å². The molecule has 26 heavy (non-hydrogen) atoms. The van der Waals surface area contributed by atoms with Crippen molar-refractivity contribution in [3.63, 3.8) is 0 Å². The van der Waals surface area contributed by atoms with E-state index in [0.29, 0.717) is 17.9 Å². The molecule has 2 aromatic carbocycles. The topological polar surface area (TPSA) is 101 Å². The van der Waals surface area contributed by atoms with Crippen LogP contribution < -0.4 is 5.32 Å². The highest BCUT2D eigenvalue weighted by molar-refractivity contribution is 5.95. The Morgan fingerprint density at radius 1 is 1.15 bits per heavy atom. The van der Waals surface area contributed by atoms with Gasteiger partial charge < -0.3 is 9.88 Å². The van der Waals surface area contributed by atoms with Crippen LogP contribution in [0.4, 0.5) is 0 Å². The summed E-state index contributed by atoms with van der Waals surface area (Å²) < 4.78 is 2.10. The lowest BCUT2D eigenvalue weighted by Crippen LogP contribution is -2.25. The number of imidazole rings is 1. The highest BCUT2D eigenvalue weighted by Gasteiger charge is 2.09. The Bertz CT molecular complexity index is 1020. The number of aromatic amines is 1. The highest BCUT2D eigenvalue weighted by atomic mass is 16.1. The molecule has 0 aliphatic carbocycles. The molecule has 0 aliphatic heterocycles. The average molecular weight is 347 g/mol. The van der Waals surface area contributed by atoms with Crippen molar-refractivity contribution in [3.8, 4) is 11.4 Å². The molecule has 0 saturated heterocycles. The van der Waals surface area contributed by atoms with Crippen LogP contribution in [0.15, 0.2) is 54.9 Å². The van der Waals surface area contributed by atoms with Gasteiger partial charge in [0.25, 0.3) is 5.91 Å². The van der Waals surface area contributed by atoms with Gasteiger partial charge in [-0.25, -0.2) is 4.98 Å². The van der Waals surface area contributed by atoms with E-state index in [4.69, 9.17) is 0 Å². The summed E-state index contributed by atoms with van der Waals surface area (Å²) in [5.74, 6) is 0.345. The Morgan fingerprint density at radius 2 is 2.08 bits per heavy atom. The second-order valence-corrected chi connectivity index (χ2v) is 5.85. The minimum Gasteiger partial charge on any atom is -0.352 e. The van der Waals surface area contributed by atoms with Gasteiger partial charge in [-0.3, -0.25) is 4.79 Å². The normalized spacial score (nSPS) is 10.9. The molecule has 130 valence electrons. The van der Waals surface area contributed by atoms with Gasteiger partial charge in [-0.1, -0.05) is 24.3 Å². The molecule has 1 amide bonds. The molecule has 0 atom stereocenters. The van der Waals surface area contributed by atoms with Crippen LogP contribution in [-0.4, -0.2) is 42.6 Å². The molecule has 0 unspecified atom stereocenters. The lowest BCUT2D eigenvalue weighted by molar-refractivity contribution is 0.0953. The number of carbonyl (C=O) groups excluding carboxylic acids is 1. The van der Waals surface area contributed by atoms with Gasteiger partial charge in [0.15, 0.2) is 0 Å². The van der Waals surface area contributed by atoms with Crippen LogP contribution >= 0.6 is 0 Å². The molecular weight excluding hydrogens is 330 g/mol. The lowest BCUT2D eigenvalue weighted by Gasteiger charge is -2.07. The quantitative estimate of drug-likeness (QED) is 0.520. The fraction of sp³-hybridized carbons (Fsp3) is 0.167. The van der Waals surface area contributed by atoms with Crippen molar-refractivity contribution in [1.29, 1.82) is 0 Å². The van der Waals surface area contributed by atoms with Crippen molar-refractivity contribution in [1.82, 2.24) is 35.5 Å². The number of hydrogen-bond donors (Lipinski definition) is 2. The summed E-state index contributed by atoms with van der Waals surface area (Å²) in [7, 11) is 0. The van der Waals surface area contributed by atoms with E-state index in [1.54, 1.807) is 18.2 Å². The summed E-state index contributed by atoms with van der Waals surface area (Å²) in [4.78, 5) is 16.7. The fourth-order valence-corrected chi connectivity index (χ4v) is 2.83. The second kappa shape index (κ2) is 7.14. The third-order valence-corrected chi connectivity index (χ3v) is 4.12. The predicted molar refractivity (Wildman–Crippen MR) is 96.3 cm³/mol. The van der Waals surface area contributed by atoms with Gasteiger partial charge in [-0.15, -0.1) is 10.2 Å². The van der Waals surface area contributed by atoms with E-state index in [-0.39, 0.29) is 5.91 Å². The maximum atomic E-state index is 12.3. The molecule has 0 saturated carbocycles. The van der Waals surface area contributed by atoms with Gasteiger partial charge in [0, 0.05) is 24.2 Å². The number of para-hydroxylation sites is 2. The summed E-state index contributed by atoms with van der Waals surface area (Å²) in [6, 6.07) is 15.2. The van der Waals surface area contributed by atoms with Crippen LogP contribution in [0.1, 0.15) is 16.8 Å². The van der Waals surface area contributed by atoms with Crippen LogP contribution in [0.3, 0.4) is 0 Å². The van der Waals surface area contributed by atoms with E-state index in [1.165, 1.54) is 0 Å². The molecule has 2 N–H and O–H groups in total. The maximum Gasteiger partial charge on any atom is 0.251 e. The summed E-state index contributed by atoms with van der Waals surface area (Å²) in [5, 5.41) is 16.7. The van der Waals surface area contributed by atoms with Crippen molar-refractivity contribution in [2.45, 2.75) is 13.0 Å². The molecule has 0 bridgehead atoms. The monoisotopic (exact) mass is 347 g/mol. The summed E-state index contributed by atoms with van der Waals surface area (Å²) in [5.41, 5.74) is 3.40. The lowest BCUT2D eigenvalue weighted by atomic mass is 10.1. The molecule has 8 nitrogen and oxygen atoms in total. The van der Waals surface area contributed by atoms with Crippen molar-refractivity contribution in [2.24, 2.45) is 0 Å². The molecule has 4 aromatic rings. The van der Waals surface area contributed by atoms with E-state index in [2.05, 4.69) is 35.5 Å². The Morgan fingerprint density at radius 3 is 2.96 bits per heavy atom. The number of aromatic nitrogens is 6. The first-order valence-electron chi connectivity index (χ1n) is 8.33. The number of amides is 1. The van der Waals surface area contributed by atoms with Crippen LogP contribution in [0.5, 0.6) is 0 Å². The molecule has 2 aromatic heterocycles. The zero-order chi connectivity index (χ0) is 17.8. The molecule has 2 heterocycles. The Kier molecular flexibility index (Phi) is 4.38. The van der Waals surface area contributed by atoms with Crippen LogP contribution in [0, 0.1) is 0 Å². The van der Waals surface area contributed by atoms with E-state index in [0.717, 1.165) is 29.6 Å². The number of tetrazole rings is 1. The third-order valence-electron chi connectivity index (χ3n) is 4.12. The van der Waals surface area contributed by atoms with Gasteiger partial charge in [0.1, 0.15) is 0 Å². The summed E-state index contributed by atoms with van der Waals surface area (Å²) in [6.07, 6.45) is 2.65. The number of H-pyrrole nitrogens is 1. The first-order valence-corrected chi connectivity index (χ1v) is 8.33. The average Bonchev–Trinajstić information content (AvgIpc) is 3.35. The minimum atomic E-state index is -0.120. The largest absolute Gasteiger partial charge is 0.352 e. The van der Waals surface area contributed by atoms with Crippen LogP contribution in [-0.2, 0) is 6.54 Å². The van der Waals surface area contributed by atoms with Gasteiger partial charge in [0.2, 0.25) is 5.82 Å². The summed E-state index contributed by atoms with van der Waals surface area (Å²) in [6.45, 7) is 1.38. The molecule has 0 aliphatic rings. The molecule has 4 rings (SSSR count).